The topological polar surface area (TPSA) is 77.5 Å². The third-order valence-corrected chi connectivity index (χ3v) is 5.50. The van der Waals surface area contributed by atoms with Crippen molar-refractivity contribution in [3.05, 3.63) is 53.3 Å². The van der Waals surface area contributed by atoms with E-state index in [9.17, 15) is 4.79 Å². The first-order valence-electron chi connectivity index (χ1n) is 9.86. The molecule has 28 heavy (non-hydrogen) atoms. The van der Waals surface area contributed by atoms with Crippen molar-refractivity contribution >= 4 is 6.03 Å². The Morgan fingerprint density at radius 2 is 2.11 bits per heavy atom. The van der Waals surface area contributed by atoms with Crippen molar-refractivity contribution in [1.82, 2.24) is 35.7 Å². The number of aromatic nitrogens is 2. The molecule has 2 atom stereocenters. The van der Waals surface area contributed by atoms with Gasteiger partial charge in [-0.25, -0.2) is 10.2 Å². The lowest BCUT2D eigenvalue weighted by atomic mass is 9.94. The maximum absolute atomic E-state index is 11.7. The van der Waals surface area contributed by atoms with Crippen molar-refractivity contribution in [2.24, 2.45) is 5.92 Å². The molecule has 1 aromatic carbocycles. The third-order valence-electron chi connectivity index (χ3n) is 5.50. The first-order valence-corrected chi connectivity index (χ1v) is 9.86. The molecule has 0 saturated carbocycles. The summed E-state index contributed by atoms with van der Waals surface area (Å²) in [6.07, 6.45) is 0. The maximum Gasteiger partial charge on any atom is 0.317 e. The number of nitrogens with zero attached hydrogens (tertiary/aromatic N) is 4. The second kappa shape index (κ2) is 8.30. The number of hydrazine groups is 1. The molecule has 2 aliphatic heterocycles. The normalized spacial score (nSPS) is 22.1. The van der Waals surface area contributed by atoms with Crippen LogP contribution in [0.1, 0.15) is 23.0 Å². The van der Waals surface area contributed by atoms with Crippen LogP contribution in [0.2, 0.25) is 0 Å². The van der Waals surface area contributed by atoms with E-state index in [1.54, 1.807) is 14.1 Å². The average molecular weight is 384 g/mol. The highest BCUT2D eigenvalue weighted by Crippen LogP contribution is 2.26. The number of nitrogens with one attached hydrogen (secondary N) is 3. The van der Waals surface area contributed by atoms with Crippen LogP contribution in [0, 0.1) is 5.92 Å². The molecule has 2 unspecified atom stereocenters. The van der Waals surface area contributed by atoms with Gasteiger partial charge in [0, 0.05) is 46.2 Å². The van der Waals surface area contributed by atoms with Gasteiger partial charge in [-0.3, -0.25) is 15.0 Å². The molecule has 1 fully saturated rings. The van der Waals surface area contributed by atoms with Gasteiger partial charge in [0.1, 0.15) is 0 Å². The lowest BCUT2D eigenvalue weighted by Gasteiger charge is -2.31. The van der Waals surface area contributed by atoms with Crippen LogP contribution in [-0.2, 0) is 19.6 Å². The zero-order valence-corrected chi connectivity index (χ0v) is 16.6. The van der Waals surface area contributed by atoms with Gasteiger partial charge in [-0.1, -0.05) is 30.3 Å². The fraction of sp³-hybridized carbons (Fsp3) is 0.500. The molecule has 2 amide bonds. The van der Waals surface area contributed by atoms with Gasteiger partial charge in [0.05, 0.1) is 30.5 Å². The van der Waals surface area contributed by atoms with Crippen LogP contribution in [0.4, 0.5) is 4.79 Å². The maximum atomic E-state index is 11.7. The van der Waals surface area contributed by atoms with Crippen LogP contribution < -0.4 is 16.2 Å². The lowest BCUT2D eigenvalue weighted by molar-refractivity contribution is 0.179. The van der Waals surface area contributed by atoms with Crippen LogP contribution >= 0.6 is 0 Å². The number of carbonyl (C=O) groups is 1. The van der Waals surface area contributed by atoms with Crippen molar-refractivity contribution in [1.29, 1.82) is 0 Å². The van der Waals surface area contributed by atoms with Crippen LogP contribution in [-0.4, -0.2) is 59.3 Å². The molecule has 3 heterocycles. The second-order valence-corrected chi connectivity index (χ2v) is 7.81. The molecule has 1 aromatic heterocycles. The molecule has 8 heteroatoms. The summed E-state index contributed by atoms with van der Waals surface area (Å²) >= 11 is 0. The molecule has 2 aliphatic rings. The summed E-state index contributed by atoms with van der Waals surface area (Å²) in [5.74, 6) is 0.524. The SMILES string of the molecule is CN(C)C(=O)NCc1cc2n(n1)CCN(CC1CNNC1c1ccccc1)C2. The van der Waals surface area contributed by atoms with Crippen LogP contribution in [0.15, 0.2) is 36.4 Å². The Bertz CT molecular complexity index is 804. The first kappa shape index (κ1) is 18.9. The van der Waals surface area contributed by atoms with E-state index in [0.29, 0.717) is 18.5 Å². The van der Waals surface area contributed by atoms with Gasteiger partial charge in [-0.2, -0.15) is 5.10 Å². The van der Waals surface area contributed by atoms with Gasteiger partial charge < -0.3 is 10.2 Å². The number of benzene rings is 1. The van der Waals surface area contributed by atoms with Crippen LogP contribution in [0.3, 0.4) is 0 Å². The Morgan fingerprint density at radius 3 is 2.89 bits per heavy atom. The summed E-state index contributed by atoms with van der Waals surface area (Å²) in [6, 6.07) is 13.0. The number of hydrogen-bond donors (Lipinski definition) is 3. The van der Waals surface area contributed by atoms with E-state index in [1.165, 1.54) is 16.2 Å². The van der Waals surface area contributed by atoms with Crippen LogP contribution in [0.25, 0.3) is 0 Å². The standard InChI is InChI=1S/C20H29N7O/c1-25(2)20(28)21-12-17-10-18-14-26(8-9-27(18)24-17)13-16-11-22-23-19(16)15-6-4-3-5-7-15/h3-7,10,16,19,22-23H,8-9,11-14H2,1-2H3,(H,21,28). The molecule has 2 aromatic rings. The average Bonchev–Trinajstić information content (AvgIpc) is 3.33. The Morgan fingerprint density at radius 1 is 1.29 bits per heavy atom. The fourth-order valence-corrected chi connectivity index (χ4v) is 4.00. The molecule has 8 nitrogen and oxygen atoms in total. The summed E-state index contributed by atoms with van der Waals surface area (Å²) in [6.45, 7) is 5.25. The fourth-order valence-electron chi connectivity index (χ4n) is 4.00. The molecule has 150 valence electrons. The highest BCUT2D eigenvalue weighted by Gasteiger charge is 2.31. The predicted molar refractivity (Wildman–Crippen MR) is 107 cm³/mol. The number of fused-ring (bicyclic) bond motifs is 1. The van der Waals surface area contributed by atoms with E-state index in [0.717, 1.165) is 38.4 Å². The number of urea groups is 1. The Hall–Kier alpha value is -2.42. The van der Waals surface area contributed by atoms with E-state index in [2.05, 4.69) is 67.2 Å². The van der Waals surface area contributed by atoms with Gasteiger partial charge in [-0.05, 0) is 11.6 Å². The number of rotatable bonds is 5. The lowest BCUT2D eigenvalue weighted by Crippen LogP contribution is -2.38. The molecule has 4 rings (SSSR count). The van der Waals surface area contributed by atoms with Crippen LogP contribution in [0.5, 0.6) is 0 Å². The van der Waals surface area contributed by atoms with Crippen molar-refractivity contribution in [3.63, 3.8) is 0 Å². The largest absolute Gasteiger partial charge is 0.332 e. The Labute approximate surface area is 165 Å². The molecular weight excluding hydrogens is 354 g/mol. The van der Waals surface area contributed by atoms with E-state index in [1.807, 2.05) is 0 Å². The van der Waals surface area contributed by atoms with Crippen molar-refractivity contribution < 1.29 is 4.79 Å². The highest BCUT2D eigenvalue weighted by atomic mass is 16.2. The van der Waals surface area contributed by atoms with Gasteiger partial charge in [0.25, 0.3) is 0 Å². The van der Waals surface area contributed by atoms with Crippen molar-refractivity contribution in [2.45, 2.75) is 25.7 Å². The van der Waals surface area contributed by atoms with Crippen molar-refractivity contribution in [2.75, 3.05) is 33.7 Å². The number of carbonyl (C=O) groups excluding carboxylic acids is 1. The van der Waals surface area contributed by atoms with E-state index >= 15 is 0 Å². The van der Waals surface area contributed by atoms with Gasteiger partial charge in [-0.15, -0.1) is 0 Å². The van der Waals surface area contributed by atoms with Gasteiger partial charge in [0.2, 0.25) is 0 Å². The Kier molecular flexibility index (Phi) is 5.61. The third kappa shape index (κ3) is 4.19. The van der Waals surface area contributed by atoms with Crippen molar-refractivity contribution in [3.8, 4) is 0 Å². The predicted octanol–water partition coefficient (Wildman–Crippen LogP) is 0.935. The van der Waals surface area contributed by atoms with E-state index in [4.69, 9.17) is 0 Å². The Balaban J connectivity index is 1.36. The summed E-state index contributed by atoms with van der Waals surface area (Å²) in [7, 11) is 3.47. The number of hydrogen-bond acceptors (Lipinski definition) is 5. The summed E-state index contributed by atoms with van der Waals surface area (Å²) in [5.41, 5.74) is 10.2. The van der Waals surface area contributed by atoms with Gasteiger partial charge >= 0.3 is 6.03 Å². The molecule has 0 aliphatic carbocycles. The molecule has 0 radical (unpaired) electrons. The number of amides is 2. The highest BCUT2D eigenvalue weighted by molar-refractivity contribution is 5.73. The minimum Gasteiger partial charge on any atom is -0.332 e. The summed E-state index contributed by atoms with van der Waals surface area (Å²) in [5, 5.41) is 7.53. The quantitative estimate of drug-likeness (QED) is 0.716. The smallest absolute Gasteiger partial charge is 0.317 e. The molecular formula is C20H29N7O. The van der Waals surface area contributed by atoms with Gasteiger partial charge in [0.15, 0.2) is 0 Å². The van der Waals surface area contributed by atoms with E-state index in [-0.39, 0.29) is 6.03 Å². The summed E-state index contributed by atoms with van der Waals surface area (Å²) < 4.78 is 2.08. The molecule has 0 bridgehead atoms. The minimum absolute atomic E-state index is 0.0965. The molecule has 1 saturated heterocycles. The minimum atomic E-state index is -0.0965. The zero-order valence-electron chi connectivity index (χ0n) is 16.6. The second-order valence-electron chi connectivity index (χ2n) is 7.81. The van der Waals surface area contributed by atoms with E-state index < -0.39 is 0 Å². The molecule has 3 N–H and O–H groups in total. The molecule has 0 spiro atoms. The first-order chi connectivity index (χ1) is 13.6. The summed E-state index contributed by atoms with van der Waals surface area (Å²) in [4.78, 5) is 15.8. The zero-order chi connectivity index (χ0) is 19.5. The monoisotopic (exact) mass is 383 g/mol.